The van der Waals surface area contributed by atoms with Gasteiger partial charge in [-0.05, 0) is 48.9 Å². The molecule has 7 nitrogen and oxygen atoms in total. The zero-order valence-electron chi connectivity index (χ0n) is 19.8. The summed E-state index contributed by atoms with van der Waals surface area (Å²) in [6, 6.07) is 11.3. The van der Waals surface area contributed by atoms with Crippen LogP contribution in [0, 0.1) is 12.8 Å². The van der Waals surface area contributed by atoms with Crippen molar-refractivity contribution < 1.29 is 27.4 Å². The molecule has 5 rings (SSSR count). The SMILES string of the molecule is Cc1ccc(NC(=O)c2cccc(C(F)(F)F)c2)cc1-n1cc(-c2cnccc2OCC2COC2)cn1. The Labute approximate surface area is 210 Å². The molecule has 2 aromatic carbocycles. The van der Waals surface area contributed by atoms with Crippen LogP contribution in [0.2, 0.25) is 0 Å². The molecule has 1 saturated heterocycles. The van der Waals surface area contributed by atoms with Crippen molar-refractivity contribution in [1.82, 2.24) is 14.8 Å². The van der Waals surface area contributed by atoms with Gasteiger partial charge in [0.2, 0.25) is 0 Å². The third-order valence-corrected chi connectivity index (χ3v) is 6.02. The minimum absolute atomic E-state index is 0.0871. The number of nitrogens with zero attached hydrogens (tertiary/aromatic N) is 3. The molecule has 37 heavy (non-hydrogen) atoms. The topological polar surface area (TPSA) is 78.3 Å². The second kappa shape index (κ2) is 10.1. The number of nitrogens with one attached hydrogen (secondary N) is 1. The number of carbonyl (C=O) groups excluding carboxylic acids is 1. The maximum Gasteiger partial charge on any atom is 0.416 e. The first kappa shape index (κ1) is 24.5. The van der Waals surface area contributed by atoms with Crippen molar-refractivity contribution >= 4 is 11.6 Å². The molecule has 4 aromatic rings. The van der Waals surface area contributed by atoms with Gasteiger partial charge in [-0.2, -0.15) is 18.3 Å². The molecule has 2 aromatic heterocycles. The summed E-state index contributed by atoms with van der Waals surface area (Å²) in [5.41, 5.74) is 2.63. The molecular weight excluding hydrogens is 485 g/mol. The van der Waals surface area contributed by atoms with Gasteiger partial charge in [-0.1, -0.05) is 12.1 Å². The van der Waals surface area contributed by atoms with Crippen LogP contribution in [0.5, 0.6) is 5.75 Å². The van der Waals surface area contributed by atoms with Gasteiger partial charge in [0.25, 0.3) is 5.91 Å². The van der Waals surface area contributed by atoms with Crippen molar-refractivity contribution in [3.63, 3.8) is 0 Å². The fourth-order valence-electron chi connectivity index (χ4n) is 3.88. The summed E-state index contributed by atoms with van der Waals surface area (Å²) in [4.78, 5) is 16.9. The van der Waals surface area contributed by atoms with Crippen molar-refractivity contribution in [2.75, 3.05) is 25.1 Å². The number of pyridine rings is 1. The van der Waals surface area contributed by atoms with Crippen molar-refractivity contribution in [2.24, 2.45) is 5.92 Å². The average molecular weight is 509 g/mol. The first-order valence-electron chi connectivity index (χ1n) is 11.6. The molecule has 190 valence electrons. The van der Waals surface area contributed by atoms with Gasteiger partial charge in [0.15, 0.2) is 0 Å². The highest BCUT2D eigenvalue weighted by Crippen LogP contribution is 2.32. The number of carbonyl (C=O) groups is 1. The number of ether oxygens (including phenoxy) is 2. The maximum absolute atomic E-state index is 13.0. The minimum atomic E-state index is -4.53. The van der Waals surface area contributed by atoms with Crippen LogP contribution in [-0.4, -0.2) is 40.5 Å². The van der Waals surface area contributed by atoms with Crippen LogP contribution in [0.25, 0.3) is 16.8 Å². The van der Waals surface area contributed by atoms with E-state index in [1.54, 1.807) is 47.5 Å². The Hall–Kier alpha value is -4.18. The molecule has 0 saturated carbocycles. The molecule has 0 radical (unpaired) electrons. The molecule has 1 fully saturated rings. The number of halogens is 3. The van der Waals surface area contributed by atoms with Gasteiger partial charge in [-0.25, -0.2) is 4.68 Å². The summed E-state index contributed by atoms with van der Waals surface area (Å²) in [6.07, 6.45) is 2.38. The number of rotatable bonds is 7. The van der Waals surface area contributed by atoms with E-state index in [0.29, 0.717) is 42.9 Å². The Morgan fingerprint density at radius 3 is 2.76 bits per heavy atom. The first-order chi connectivity index (χ1) is 17.8. The fourth-order valence-corrected chi connectivity index (χ4v) is 3.88. The molecule has 0 spiro atoms. The van der Waals surface area contributed by atoms with E-state index >= 15 is 0 Å². The van der Waals surface area contributed by atoms with Crippen LogP contribution in [0.1, 0.15) is 21.5 Å². The van der Waals surface area contributed by atoms with Gasteiger partial charge < -0.3 is 14.8 Å². The van der Waals surface area contributed by atoms with Crippen LogP contribution in [-0.2, 0) is 10.9 Å². The van der Waals surface area contributed by atoms with Gasteiger partial charge in [-0.3, -0.25) is 9.78 Å². The average Bonchev–Trinajstić information content (AvgIpc) is 3.34. The van der Waals surface area contributed by atoms with Crippen LogP contribution >= 0.6 is 0 Å². The highest BCUT2D eigenvalue weighted by Gasteiger charge is 2.31. The Morgan fingerprint density at radius 2 is 2.00 bits per heavy atom. The smallest absolute Gasteiger partial charge is 0.416 e. The van der Waals surface area contributed by atoms with Gasteiger partial charge in [-0.15, -0.1) is 0 Å². The molecule has 0 aliphatic carbocycles. The van der Waals surface area contributed by atoms with Crippen LogP contribution in [0.4, 0.5) is 18.9 Å². The van der Waals surface area contributed by atoms with E-state index in [2.05, 4.69) is 15.4 Å². The molecular formula is C27H23F3N4O3. The van der Waals surface area contributed by atoms with Crippen molar-refractivity contribution in [3.05, 3.63) is 90.0 Å². The Balaban J connectivity index is 1.36. The highest BCUT2D eigenvalue weighted by atomic mass is 19.4. The van der Waals surface area contributed by atoms with E-state index in [0.717, 1.165) is 28.8 Å². The van der Waals surface area contributed by atoms with E-state index in [4.69, 9.17) is 9.47 Å². The second-order valence-corrected chi connectivity index (χ2v) is 8.79. The number of hydrogen-bond acceptors (Lipinski definition) is 5. The summed E-state index contributed by atoms with van der Waals surface area (Å²) in [5.74, 6) is 0.427. The van der Waals surface area contributed by atoms with Crippen molar-refractivity contribution in [1.29, 1.82) is 0 Å². The molecule has 3 heterocycles. The number of amides is 1. The number of hydrogen-bond donors (Lipinski definition) is 1. The van der Waals surface area contributed by atoms with E-state index in [-0.39, 0.29) is 5.56 Å². The van der Waals surface area contributed by atoms with Gasteiger partial charge >= 0.3 is 6.18 Å². The van der Waals surface area contributed by atoms with E-state index in [9.17, 15) is 18.0 Å². The summed E-state index contributed by atoms with van der Waals surface area (Å²) >= 11 is 0. The summed E-state index contributed by atoms with van der Waals surface area (Å²) in [5, 5.41) is 7.15. The quantitative estimate of drug-likeness (QED) is 0.355. The largest absolute Gasteiger partial charge is 0.492 e. The second-order valence-electron chi connectivity index (χ2n) is 8.79. The molecule has 0 unspecified atom stereocenters. The minimum Gasteiger partial charge on any atom is -0.492 e. The lowest BCUT2D eigenvalue weighted by Crippen LogP contribution is -2.32. The fraction of sp³-hybridized carbons (Fsp3) is 0.222. The standard InChI is InChI=1S/C27H23F3N4O3/c1-17-5-6-22(33-26(35)19-3-2-4-21(9-19)27(28,29)30)10-24(17)34-13-20(11-32-34)23-12-31-8-7-25(23)37-16-18-14-36-15-18/h2-13,18H,14-16H2,1H3,(H,33,35). The molecule has 1 aliphatic rings. The number of alkyl halides is 3. The summed E-state index contributed by atoms with van der Waals surface area (Å²) < 4.78 is 52.0. The van der Waals surface area contributed by atoms with Gasteiger partial charge in [0, 0.05) is 46.9 Å². The zero-order chi connectivity index (χ0) is 26.0. The van der Waals surface area contributed by atoms with E-state index < -0.39 is 17.6 Å². The molecule has 0 atom stereocenters. The lowest BCUT2D eigenvalue weighted by atomic mass is 10.1. The monoisotopic (exact) mass is 508 g/mol. The third kappa shape index (κ3) is 5.49. The molecule has 1 aliphatic heterocycles. The summed E-state index contributed by atoms with van der Waals surface area (Å²) in [6.45, 7) is 3.84. The molecule has 1 N–H and O–H groups in total. The zero-order valence-corrected chi connectivity index (χ0v) is 19.8. The van der Waals surface area contributed by atoms with Gasteiger partial charge in [0.05, 0.1) is 37.3 Å². The first-order valence-corrected chi connectivity index (χ1v) is 11.6. The predicted octanol–water partition coefficient (Wildman–Crippen LogP) is 5.54. The van der Waals surface area contributed by atoms with E-state index in [1.165, 1.54) is 12.1 Å². The maximum atomic E-state index is 13.0. The molecule has 1 amide bonds. The van der Waals surface area contributed by atoms with Crippen LogP contribution in [0.15, 0.2) is 73.3 Å². The van der Waals surface area contributed by atoms with Gasteiger partial charge in [0.1, 0.15) is 5.75 Å². The van der Waals surface area contributed by atoms with E-state index in [1.807, 2.05) is 13.1 Å². The number of aromatic nitrogens is 3. The van der Waals surface area contributed by atoms with Crippen LogP contribution in [0.3, 0.4) is 0 Å². The normalized spacial score (nSPS) is 13.7. The van der Waals surface area contributed by atoms with Crippen molar-refractivity contribution in [2.45, 2.75) is 13.1 Å². The lowest BCUT2D eigenvalue weighted by Gasteiger charge is -2.26. The lowest BCUT2D eigenvalue weighted by molar-refractivity contribution is -0.137. The van der Waals surface area contributed by atoms with Crippen LogP contribution < -0.4 is 10.1 Å². The predicted molar refractivity (Wildman–Crippen MR) is 131 cm³/mol. The number of benzene rings is 2. The Morgan fingerprint density at radius 1 is 1.16 bits per heavy atom. The molecule has 0 bridgehead atoms. The number of aryl methyl sites for hydroxylation is 1. The molecule has 10 heteroatoms. The Kier molecular flexibility index (Phi) is 6.66. The highest BCUT2D eigenvalue weighted by molar-refractivity contribution is 6.04. The summed E-state index contributed by atoms with van der Waals surface area (Å²) in [7, 11) is 0. The number of anilines is 1. The third-order valence-electron chi connectivity index (χ3n) is 6.02. The van der Waals surface area contributed by atoms with Crippen molar-refractivity contribution in [3.8, 4) is 22.6 Å². The Bertz CT molecular complexity index is 1430.